The Balaban J connectivity index is 2.44. The van der Waals surface area contributed by atoms with Crippen LogP contribution in [0.3, 0.4) is 0 Å². The standard InChI is InChI=1S/C12H7ClN6O2/c1-14-10-11(15-2)19(3)12(16-10)18-17-7-4-6(13)8(20)5-9(7)21/h4-5,20-21H,3H3. The Labute approximate surface area is 124 Å². The van der Waals surface area contributed by atoms with Crippen LogP contribution in [0.2, 0.25) is 5.02 Å². The van der Waals surface area contributed by atoms with Gasteiger partial charge in [0.25, 0.3) is 11.6 Å². The topological polar surface area (TPSA) is 91.7 Å². The van der Waals surface area contributed by atoms with E-state index in [0.717, 1.165) is 6.07 Å². The van der Waals surface area contributed by atoms with Crippen LogP contribution in [0, 0.1) is 13.1 Å². The van der Waals surface area contributed by atoms with Gasteiger partial charge in [0.05, 0.1) is 12.1 Å². The van der Waals surface area contributed by atoms with Crippen molar-refractivity contribution in [3.63, 3.8) is 0 Å². The maximum Gasteiger partial charge on any atom is 0.416 e. The Kier molecular flexibility index (Phi) is 3.74. The van der Waals surface area contributed by atoms with Gasteiger partial charge in [-0.2, -0.15) is 0 Å². The molecule has 1 aromatic heterocycles. The number of phenolic OH excluding ortho intramolecular Hbond substituents is 2. The predicted molar refractivity (Wildman–Crippen MR) is 74.7 cm³/mol. The SMILES string of the molecule is [C-]#[N+]c1nc(N=Nc2cc(Cl)c(O)cc2O)n(C)c1[N+]#[C-]. The van der Waals surface area contributed by atoms with Gasteiger partial charge in [-0.25, -0.2) is 4.57 Å². The van der Waals surface area contributed by atoms with Gasteiger partial charge in [-0.15, -0.1) is 5.11 Å². The van der Waals surface area contributed by atoms with Crippen LogP contribution in [0.25, 0.3) is 9.69 Å². The molecule has 21 heavy (non-hydrogen) atoms. The average Bonchev–Trinajstić information content (AvgIpc) is 2.77. The van der Waals surface area contributed by atoms with Crippen LogP contribution in [0.1, 0.15) is 0 Å². The average molecular weight is 303 g/mol. The number of benzene rings is 1. The summed E-state index contributed by atoms with van der Waals surface area (Å²) in [5.74, 6) is -0.585. The molecule has 8 nitrogen and oxygen atoms in total. The number of azo groups is 1. The molecular formula is C12H7ClN6O2. The van der Waals surface area contributed by atoms with E-state index in [9.17, 15) is 10.2 Å². The van der Waals surface area contributed by atoms with Crippen molar-refractivity contribution in [1.29, 1.82) is 0 Å². The van der Waals surface area contributed by atoms with Crippen LogP contribution in [-0.4, -0.2) is 19.8 Å². The first kappa shape index (κ1) is 14.3. The van der Waals surface area contributed by atoms with Crippen molar-refractivity contribution >= 4 is 34.9 Å². The van der Waals surface area contributed by atoms with E-state index >= 15 is 0 Å². The molecule has 9 heteroatoms. The summed E-state index contributed by atoms with van der Waals surface area (Å²) in [6.45, 7) is 13.9. The van der Waals surface area contributed by atoms with Crippen LogP contribution < -0.4 is 0 Å². The minimum Gasteiger partial charge on any atom is -0.506 e. The largest absolute Gasteiger partial charge is 0.506 e. The normalized spacial score (nSPS) is 10.5. The van der Waals surface area contributed by atoms with E-state index in [4.69, 9.17) is 24.7 Å². The third kappa shape index (κ3) is 2.61. The number of aromatic nitrogens is 2. The third-order valence-corrected chi connectivity index (χ3v) is 2.83. The highest BCUT2D eigenvalue weighted by Gasteiger charge is 2.19. The number of hydrogen-bond donors (Lipinski definition) is 2. The van der Waals surface area contributed by atoms with Crippen molar-refractivity contribution in [3.8, 4) is 11.5 Å². The molecule has 1 aromatic carbocycles. The lowest BCUT2D eigenvalue weighted by molar-refractivity contribution is 0.451. The summed E-state index contributed by atoms with van der Waals surface area (Å²) >= 11 is 5.71. The lowest BCUT2D eigenvalue weighted by Crippen LogP contribution is -1.84. The maximum atomic E-state index is 9.62. The molecule has 0 bridgehead atoms. The smallest absolute Gasteiger partial charge is 0.416 e. The summed E-state index contributed by atoms with van der Waals surface area (Å²) < 4.78 is 1.31. The molecule has 0 saturated carbocycles. The summed E-state index contributed by atoms with van der Waals surface area (Å²) in [6.07, 6.45) is 0. The van der Waals surface area contributed by atoms with Gasteiger partial charge < -0.3 is 19.9 Å². The minimum atomic E-state index is -0.314. The molecule has 0 radical (unpaired) electrons. The molecule has 0 aliphatic carbocycles. The van der Waals surface area contributed by atoms with Gasteiger partial charge in [0.15, 0.2) is 0 Å². The first-order chi connectivity index (χ1) is 9.97. The summed E-state index contributed by atoms with van der Waals surface area (Å²) in [6, 6.07) is 2.26. The van der Waals surface area contributed by atoms with E-state index in [1.165, 1.54) is 17.7 Å². The molecule has 0 aliphatic heterocycles. The molecule has 2 N–H and O–H groups in total. The monoisotopic (exact) mass is 302 g/mol. The molecule has 2 aromatic rings. The quantitative estimate of drug-likeness (QED) is 0.648. The lowest BCUT2D eigenvalue weighted by atomic mass is 10.3. The minimum absolute atomic E-state index is 0.00489. The lowest BCUT2D eigenvalue weighted by Gasteiger charge is -2.00. The summed E-state index contributed by atoms with van der Waals surface area (Å²) in [7, 11) is 1.52. The van der Waals surface area contributed by atoms with Crippen molar-refractivity contribution in [2.45, 2.75) is 0 Å². The van der Waals surface area contributed by atoms with Gasteiger partial charge in [0, 0.05) is 6.07 Å². The molecular weight excluding hydrogens is 296 g/mol. The van der Waals surface area contributed by atoms with Crippen molar-refractivity contribution in [2.75, 3.05) is 0 Å². The number of hydrogen-bond acceptors (Lipinski definition) is 5. The van der Waals surface area contributed by atoms with Crippen molar-refractivity contribution in [2.24, 2.45) is 17.3 Å². The Bertz CT molecular complexity index is 828. The first-order valence-corrected chi connectivity index (χ1v) is 5.80. The number of imidazole rings is 1. The first-order valence-electron chi connectivity index (χ1n) is 5.42. The highest BCUT2D eigenvalue weighted by atomic mass is 35.5. The summed E-state index contributed by atoms with van der Waals surface area (Å²) in [5, 5.41) is 26.5. The predicted octanol–water partition coefficient (Wildman–Crippen LogP) is 4.00. The van der Waals surface area contributed by atoms with Gasteiger partial charge in [-0.05, 0) is 6.07 Å². The van der Waals surface area contributed by atoms with E-state index in [-0.39, 0.29) is 39.8 Å². The maximum absolute atomic E-state index is 9.62. The zero-order valence-corrected chi connectivity index (χ0v) is 11.4. The molecule has 0 aliphatic rings. The van der Waals surface area contributed by atoms with Gasteiger partial charge >= 0.3 is 5.95 Å². The number of aromatic hydroxyl groups is 2. The zero-order valence-electron chi connectivity index (χ0n) is 10.6. The number of halogens is 1. The Morgan fingerprint density at radius 2 is 1.90 bits per heavy atom. The second-order valence-electron chi connectivity index (χ2n) is 3.83. The van der Waals surface area contributed by atoms with Gasteiger partial charge in [-0.3, -0.25) is 0 Å². The molecule has 0 spiro atoms. The Morgan fingerprint density at radius 3 is 2.48 bits per heavy atom. The van der Waals surface area contributed by atoms with Gasteiger partial charge in [-0.1, -0.05) is 34.8 Å². The van der Waals surface area contributed by atoms with Crippen LogP contribution in [0.4, 0.5) is 23.3 Å². The molecule has 0 atom stereocenters. The van der Waals surface area contributed by atoms with E-state index in [1.54, 1.807) is 0 Å². The second kappa shape index (κ2) is 5.49. The van der Waals surface area contributed by atoms with Gasteiger partial charge in [0.2, 0.25) is 0 Å². The molecule has 0 fully saturated rings. The van der Waals surface area contributed by atoms with Crippen molar-refractivity contribution in [3.05, 3.63) is 40.0 Å². The molecule has 104 valence electrons. The molecule has 0 amide bonds. The third-order valence-electron chi connectivity index (χ3n) is 2.53. The number of phenols is 2. The van der Waals surface area contributed by atoms with E-state index in [0.29, 0.717) is 0 Å². The van der Waals surface area contributed by atoms with Crippen LogP contribution in [0.5, 0.6) is 11.5 Å². The van der Waals surface area contributed by atoms with Gasteiger partial charge in [0.1, 0.15) is 17.2 Å². The molecule has 1 heterocycles. The highest BCUT2D eigenvalue weighted by molar-refractivity contribution is 6.32. The highest BCUT2D eigenvalue weighted by Crippen LogP contribution is 2.37. The molecule has 0 unspecified atom stereocenters. The number of rotatable bonds is 2. The fourth-order valence-corrected chi connectivity index (χ4v) is 1.63. The fraction of sp³-hybridized carbons (Fsp3) is 0.0833. The summed E-state index contributed by atoms with van der Waals surface area (Å²) in [5.41, 5.74) is 0.0227. The van der Waals surface area contributed by atoms with Crippen molar-refractivity contribution < 1.29 is 10.2 Å². The fourth-order valence-electron chi connectivity index (χ4n) is 1.47. The van der Waals surface area contributed by atoms with E-state index in [2.05, 4.69) is 24.9 Å². The Hall–Kier alpha value is -3.10. The Morgan fingerprint density at radius 1 is 1.19 bits per heavy atom. The zero-order chi connectivity index (χ0) is 15.6. The van der Waals surface area contributed by atoms with E-state index < -0.39 is 0 Å². The van der Waals surface area contributed by atoms with Crippen molar-refractivity contribution in [1.82, 2.24) is 9.55 Å². The number of nitrogens with zero attached hydrogens (tertiary/aromatic N) is 6. The van der Waals surface area contributed by atoms with Crippen LogP contribution >= 0.6 is 11.6 Å². The van der Waals surface area contributed by atoms with E-state index in [1.807, 2.05) is 0 Å². The van der Waals surface area contributed by atoms with Crippen LogP contribution in [-0.2, 0) is 7.05 Å². The second-order valence-corrected chi connectivity index (χ2v) is 4.24. The summed E-state index contributed by atoms with van der Waals surface area (Å²) in [4.78, 5) is 10.2. The molecule has 2 rings (SSSR count). The van der Waals surface area contributed by atoms with Crippen LogP contribution in [0.15, 0.2) is 22.4 Å². The molecule has 0 saturated heterocycles.